The number of hydrogen-bond donors (Lipinski definition) is 1. The number of amides is 1. The molecule has 1 aliphatic carbocycles. The number of rotatable bonds is 2. The molecule has 1 heterocycles. The summed E-state index contributed by atoms with van der Waals surface area (Å²) in [6.45, 7) is 0. The molecule has 1 atom stereocenters. The van der Waals surface area contributed by atoms with Crippen molar-refractivity contribution < 1.29 is 9.21 Å². The lowest BCUT2D eigenvalue weighted by Gasteiger charge is -2.13. The van der Waals surface area contributed by atoms with Crippen molar-refractivity contribution in [1.82, 2.24) is 5.32 Å². The lowest BCUT2D eigenvalue weighted by molar-refractivity contribution is 0.0936. The third-order valence-electron chi connectivity index (χ3n) is 3.22. The van der Waals surface area contributed by atoms with Crippen molar-refractivity contribution in [3.8, 4) is 0 Å². The molecule has 3 rings (SSSR count). The molecule has 3 heteroatoms. The fourth-order valence-electron chi connectivity index (χ4n) is 2.34. The minimum absolute atomic E-state index is 0.0690. The van der Waals surface area contributed by atoms with E-state index in [0.717, 1.165) is 12.8 Å². The van der Waals surface area contributed by atoms with Gasteiger partial charge in [0.1, 0.15) is 6.26 Å². The van der Waals surface area contributed by atoms with Crippen LogP contribution in [0.15, 0.2) is 47.3 Å². The highest BCUT2D eigenvalue weighted by atomic mass is 16.3. The maximum Gasteiger partial charge on any atom is 0.255 e. The van der Waals surface area contributed by atoms with E-state index in [-0.39, 0.29) is 11.9 Å². The highest BCUT2D eigenvalue weighted by Gasteiger charge is 2.23. The van der Waals surface area contributed by atoms with E-state index in [9.17, 15) is 4.79 Å². The van der Waals surface area contributed by atoms with Gasteiger partial charge in [-0.3, -0.25) is 4.79 Å². The zero-order valence-electron chi connectivity index (χ0n) is 9.35. The van der Waals surface area contributed by atoms with Crippen molar-refractivity contribution in [2.75, 3.05) is 0 Å². The van der Waals surface area contributed by atoms with Gasteiger partial charge in [0, 0.05) is 0 Å². The Bertz CT molecular complexity index is 531. The SMILES string of the molecule is O=C(NC1CCc2ccccc21)c1ccoc1. The molecule has 3 nitrogen and oxygen atoms in total. The fraction of sp³-hybridized carbons (Fsp3) is 0.214. The maximum atomic E-state index is 11.9. The number of carbonyl (C=O) groups excluding carboxylic acids is 1. The van der Waals surface area contributed by atoms with E-state index in [4.69, 9.17) is 4.42 Å². The number of furan rings is 1. The average Bonchev–Trinajstić information content (AvgIpc) is 2.98. The van der Waals surface area contributed by atoms with Crippen LogP contribution in [0.3, 0.4) is 0 Å². The zero-order chi connectivity index (χ0) is 11.7. The monoisotopic (exact) mass is 227 g/mol. The predicted octanol–water partition coefficient (Wildman–Crippen LogP) is 2.70. The predicted molar refractivity (Wildman–Crippen MR) is 63.7 cm³/mol. The molecule has 0 saturated heterocycles. The lowest BCUT2D eigenvalue weighted by Crippen LogP contribution is -2.26. The van der Waals surface area contributed by atoms with Crippen molar-refractivity contribution in [2.24, 2.45) is 0 Å². The molecular weight excluding hydrogens is 214 g/mol. The Morgan fingerprint density at radius 3 is 3.00 bits per heavy atom. The average molecular weight is 227 g/mol. The molecule has 1 aromatic carbocycles. The van der Waals surface area contributed by atoms with Crippen LogP contribution in [-0.2, 0) is 6.42 Å². The molecule has 86 valence electrons. The van der Waals surface area contributed by atoms with Crippen molar-refractivity contribution in [3.63, 3.8) is 0 Å². The molecule has 1 N–H and O–H groups in total. The first-order valence-electron chi connectivity index (χ1n) is 5.75. The van der Waals surface area contributed by atoms with Crippen LogP contribution in [0.5, 0.6) is 0 Å². The molecule has 0 spiro atoms. The Hall–Kier alpha value is -2.03. The summed E-state index contributed by atoms with van der Waals surface area (Å²) in [5.74, 6) is -0.0690. The van der Waals surface area contributed by atoms with Gasteiger partial charge in [-0.2, -0.15) is 0 Å². The topological polar surface area (TPSA) is 42.2 Å². The number of hydrogen-bond acceptors (Lipinski definition) is 2. The van der Waals surface area contributed by atoms with Crippen molar-refractivity contribution >= 4 is 5.91 Å². The van der Waals surface area contributed by atoms with Gasteiger partial charge in [0.05, 0.1) is 17.9 Å². The van der Waals surface area contributed by atoms with E-state index in [0.29, 0.717) is 5.56 Å². The Kier molecular flexibility index (Phi) is 2.44. The van der Waals surface area contributed by atoms with Crippen LogP contribution in [0.25, 0.3) is 0 Å². The molecule has 0 bridgehead atoms. The molecule has 1 amide bonds. The highest BCUT2D eigenvalue weighted by molar-refractivity contribution is 5.94. The Labute approximate surface area is 99.4 Å². The standard InChI is InChI=1S/C14H13NO2/c16-14(11-7-8-17-9-11)15-13-6-5-10-3-1-2-4-12(10)13/h1-4,7-9,13H,5-6H2,(H,15,16). The summed E-state index contributed by atoms with van der Waals surface area (Å²) < 4.78 is 4.91. The smallest absolute Gasteiger partial charge is 0.255 e. The number of carbonyl (C=O) groups is 1. The third kappa shape index (κ3) is 1.84. The second kappa shape index (κ2) is 4.09. The van der Waals surface area contributed by atoms with Crippen LogP contribution in [0.1, 0.15) is 33.9 Å². The van der Waals surface area contributed by atoms with Crippen LogP contribution in [0.4, 0.5) is 0 Å². The quantitative estimate of drug-likeness (QED) is 0.857. The van der Waals surface area contributed by atoms with E-state index in [1.807, 2.05) is 12.1 Å². The summed E-state index contributed by atoms with van der Waals surface area (Å²) in [6, 6.07) is 10.1. The fourth-order valence-corrected chi connectivity index (χ4v) is 2.34. The first kappa shape index (κ1) is 10.1. The summed E-state index contributed by atoms with van der Waals surface area (Å²) >= 11 is 0. The van der Waals surface area contributed by atoms with Crippen molar-refractivity contribution in [2.45, 2.75) is 18.9 Å². The van der Waals surface area contributed by atoms with Gasteiger partial charge in [0.25, 0.3) is 5.91 Å². The van der Waals surface area contributed by atoms with Crippen LogP contribution >= 0.6 is 0 Å². The molecule has 0 aliphatic heterocycles. The molecule has 1 aliphatic rings. The zero-order valence-corrected chi connectivity index (χ0v) is 9.35. The number of fused-ring (bicyclic) bond motifs is 1. The van der Waals surface area contributed by atoms with E-state index in [1.54, 1.807) is 6.07 Å². The van der Waals surface area contributed by atoms with Crippen LogP contribution in [0, 0.1) is 0 Å². The van der Waals surface area contributed by atoms with Gasteiger partial charge in [-0.15, -0.1) is 0 Å². The molecule has 0 radical (unpaired) electrons. The molecule has 2 aromatic rings. The third-order valence-corrected chi connectivity index (χ3v) is 3.22. The minimum atomic E-state index is -0.0690. The minimum Gasteiger partial charge on any atom is -0.472 e. The van der Waals surface area contributed by atoms with E-state index < -0.39 is 0 Å². The molecule has 1 unspecified atom stereocenters. The lowest BCUT2D eigenvalue weighted by atomic mass is 10.1. The highest BCUT2D eigenvalue weighted by Crippen LogP contribution is 2.30. The summed E-state index contributed by atoms with van der Waals surface area (Å²) in [6.07, 6.45) is 4.99. The van der Waals surface area contributed by atoms with Gasteiger partial charge in [-0.25, -0.2) is 0 Å². The van der Waals surface area contributed by atoms with Gasteiger partial charge >= 0.3 is 0 Å². The second-order valence-corrected chi connectivity index (χ2v) is 4.28. The van der Waals surface area contributed by atoms with Gasteiger partial charge in [-0.05, 0) is 30.0 Å². The van der Waals surface area contributed by atoms with E-state index >= 15 is 0 Å². The van der Waals surface area contributed by atoms with Crippen molar-refractivity contribution in [1.29, 1.82) is 0 Å². The van der Waals surface area contributed by atoms with Gasteiger partial charge in [0.15, 0.2) is 0 Å². The Morgan fingerprint density at radius 1 is 1.29 bits per heavy atom. The number of aryl methyl sites for hydroxylation is 1. The summed E-state index contributed by atoms with van der Waals surface area (Å²) in [5.41, 5.74) is 3.16. The summed E-state index contributed by atoms with van der Waals surface area (Å²) in [7, 11) is 0. The largest absolute Gasteiger partial charge is 0.472 e. The van der Waals surface area contributed by atoms with Gasteiger partial charge in [0.2, 0.25) is 0 Å². The molecule has 0 saturated carbocycles. The van der Waals surface area contributed by atoms with Gasteiger partial charge in [-0.1, -0.05) is 24.3 Å². The van der Waals surface area contributed by atoms with Crippen molar-refractivity contribution in [3.05, 3.63) is 59.5 Å². The first-order chi connectivity index (χ1) is 8.34. The van der Waals surface area contributed by atoms with Crippen LogP contribution < -0.4 is 5.32 Å². The number of benzene rings is 1. The normalized spacial score (nSPS) is 17.8. The van der Waals surface area contributed by atoms with E-state index in [1.165, 1.54) is 23.7 Å². The molecular formula is C14H13NO2. The van der Waals surface area contributed by atoms with Crippen LogP contribution in [-0.4, -0.2) is 5.91 Å². The van der Waals surface area contributed by atoms with Gasteiger partial charge < -0.3 is 9.73 Å². The molecule has 17 heavy (non-hydrogen) atoms. The molecule has 1 aromatic heterocycles. The van der Waals surface area contributed by atoms with E-state index in [2.05, 4.69) is 17.4 Å². The second-order valence-electron chi connectivity index (χ2n) is 4.28. The Morgan fingerprint density at radius 2 is 2.18 bits per heavy atom. The summed E-state index contributed by atoms with van der Waals surface area (Å²) in [5, 5.41) is 3.04. The Balaban J connectivity index is 1.78. The summed E-state index contributed by atoms with van der Waals surface area (Å²) in [4.78, 5) is 11.9. The first-order valence-corrected chi connectivity index (χ1v) is 5.75. The molecule has 0 fully saturated rings. The number of nitrogens with one attached hydrogen (secondary N) is 1. The maximum absolute atomic E-state index is 11.9. The van der Waals surface area contributed by atoms with Crippen LogP contribution in [0.2, 0.25) is 0 Å².